The molecule has 0 aliphatic rings. The zero-order valence-electron chi connectivity index (χ0n) is 10.2. The first-order valence-electron chi connectivity index (χ1n) is 5.38. The number of methoxy groups -OCH3 is 1. The molecular weight excluding hydrogens is 220 g/mol. The van der Waals surface area contributed by atoms with E-state index >= 15 is 0 Å². The van der Waals surface area contributed by atoms with Gasteiger partial charge in [-0.05, 0) is 24.3 Å². The molecule has 0 atom stereocenters. The summed E-state index contributed by atoms with van der Waals surface area (Å²) in [5, 5.41) is 0. The van der Waals surface area contributed by atoms with Gasteiger partial charge in [-0.15, -0.1) is 0 Å². The van der Waals surface area contributed by atoms with Crippen LogP contribution >= 0.6 is 0 Å². The standard InChI is InChI=1S/C12H18N2O3/c1-14(12(15)9-13)7-8-17-11-5-3-10(16-2)4-6-11/h3-6H,7-9,13H2,1-2H3. The highest BCUT2D eigenvalue weighted by Gasteiger charge is 2.05. The maximum atomic E-state index is 11.2. The molecule has 1 aromatic rings. The van der Waals surface area contributed by atoms with E-state index in [-0.39, 0.29) is 12.5 Å². The summed E-state index contributed by atoms with van der Waals surface area (Å²) in [6.07, 6.45) is 0. The van der Waals surface area contributed by atoms with Gasteiger partial charge in [0.25, 0.3) is 0 Å². The van der Waals surface area contributed by atoms with Gasteiger partial charge in [-0.25, -0.2) is 0 Å². The van der Waals surface area contributed by atoms with E-state index in [1.165, 1.54) is 0 Å². The van der Waals surface area contributed by atoms with Crippen molar-refractivity contribution < 1.29 is 14.3 Å². The number of ether oxygens (including phenoxy) is 2. The molecule has 5 heteroatoms. The van der Waals surface area contributed by atoms with Crippen LogP contribution in [-0.4, -0.2) is 44.7 Å². The SMILES string of the molecule is COc1ccc(OCCN(C)C(=O)CN)cc1. The van der Waals surface area contributed by atoms with E-state index in [1.54, 1.807) is 19.1 Å². The molecule has 0 aromatic heterocycles. The second kappa shape index (κ2) is 6.75. The minimum absolute atomic E-state index is 0.0268. The molecule has 5 nitrogen and oxygen atoms in total. The first kappa shape index (κ1) is 13.3. The largest absolute Gasteiger partial charge is 0.497 e. The van der Waals surface area contributed by atoms with Gasteiger partial charge in [-0.2, -0.15) is 0 Å². The summed E-state index contributed by atoms with van der Waals surface area (Å²) in [5.74, 6) is 1.44. The Morgan fingerprint density at radius 1 is 1.29 bits per heavy atom. The Bertz CT molecular complexity index is 351. The van der Waals surface area contributed by atoms with Crippen LogP contribution in [0.5, 0.6) is 11.5 Å². The number of hydrogen-bond donors (Lipinski definition) is 1. The number of rotatable bonds is 6. The number of carbonyl (C=O) groups excluding carboxylic acids is 1. The zero-order chi connectivity index (χ0) is 12.7. The zero-order valence-corrected chi connectivity index (χ0v) is 10.2. The van der Waals surface area contributed by atoms with Gasteiger partial charge in [0.2, 0.25) is 5.91 Å². The summed E-state index contributed by atoms with van der Waals surface area (Å²) in [5.41, 5.74) is 5.24. The molecule has 0 radical (unpaired) electrons. The Labute approximate surface area is 101 Å². The lowest BCUT2D eigenvalue weighted by atomic mass is 10.3. The topological polar surface area (TPSA) is 64.8 Å². The maximum absolute atomic E-state index is 11.2. The van der Waals surface area contributed by atoms with E-state index in [2.05, 4.69) is 0 Å². The lowest BCUT2D eigenvalue weighted by Gasteiger charge is -2.16. The summed E-state index contributed by atoms with van der Waals surface area (Å²) in [4.78, 5) is 12.7. The molecule has 0 bridgehead atoms. The molecule has 94 valence electrons. The van der Waals surface area contributed by atoms with Gasteiger partial charge < -0.3 is 20.1 Å². The molecule has 0 unspecified atom stereocenters. The molecular formula is C12H18N2O3. The molecule has 0 aliphatic heterocycles. The fourth-order valence-corrected chi connectivity index (χ4v) is 1.25. The summed E-state index contributed by atoms with van der Waals surface area (Å²) in [7, 11) is 3.32. The average molecular weight is 238 g/mol. The minimum Gasteiger partial charge on any atom is -0.497 e. The summed E-state index contributed by atoms with van der Waals surface area (Å²) < 4.78 is 10.5. The molecule has 17 heavy (non-hydrogen) atoms. The van der Waals surface area contributed by atoms with Gasteiger partial charge in [0.15, 0.2) is 0 Å². The summed E-state index contributed by atoms with van der Waals surface area (Å²) in [6, 6.07) is 7.29. The van der Waals surface area contributed by atoms with Crippen LogP contribution in [0.25, 0.3) is 0 Å². The van der Waals surface area contributed by atoms with Crippen molar-refractivity contribution in [2.45, 2.75) is 0 Å². The first-order chi connectivity index (χ1) is 8.17. The van der Waals surface area contributed by atoms with E-state index in [0.29, 0.717) is 13.2 Å². The predicted octanol–water partition coefficient (Wildman–Crippen LogP) is 0.491. The highest BCUT2D eigenvalue weighted by molar-refractivity contribution is 5.77. The van der Waals surface area contributed by atoms with Crippen molar-refractivity contribution in [1.82, 2.24) is 4.90 Å². The Balaban J connectivity index is 2.33. The number of nitrogens with zero attached hydrogens (tertiary/aromatic N) is 1. The van der Waals surface area contributed by atoms with Crippen molar-refractivity contribution in [3.8, 4) is 11.5 Å². The number of amides is 1. The molecule has 0 fully saturated rings. The monoisotopic (exact) mass is 238 g/mol. The third-order valence-corrected chi connectivity index (χ3v) is 2.36. The van der Waals surface area contributed by atoms with E-state index in [0.717, 1.165) is 11.5 Å². The fourth-order valence-electron chi connectivity index (χ4n) is 1.25. The van der Waals surface area contributed by atoms with Crippen molar-refractivity contribution in [3.05, 3.63) is 24.3 Å². The number of nitrogens with two attached hydrogens (primary N) is 1. The highest BCUT2D eigenvalue weighted by Crippen LogP contribution is 2.16. The normalized spacial score (nSPS) is 9.82. The van der Waals surface area contributed by atoms with Crippen molar-refractivity contribution in [2.24, 2.45) is 5.73 Å². The van der Waals surface area contributed by atoms with Gasteiger partial charge in [0.05, 0.1) is 20.2 Å². The molecule has 1 aromatic carbocycles. The Morgan fingerprint density at radius 3 is 2.41 bits per heavy atom. The quantitative estimate of drug-likeness (QED) is 0.783. The van der Waals surface area contributed by atoms with Crippen LogP contribution < -0.4 is 15.2 Å². The van der Waals surface area contributed by atoms with Gasteiger partial charge in [-0.1, -0.05) is 0 Å². The van der Waals surface area contributed by atoms with Crippen LogP contribution in [0.1, 0.15) is 0 Å². The highest BCUT2D eigenvalue weighted by atomic mass is 16.5. The molecule has 0 saturated carbocycles. The molecule has 0 aliphatic carbocycles. The van der Waals surface area contributed by atoms with Crippen LogP contribution in [-0.2, 0) is 4.79 Å². The van der Waals surface area contributed by atoms with E-state index < -0.39 is 0 Å². The van der Waals surface area contributed by atoms with Crippen LogP contribution in [0.2, 0.25) is 0 Å². The Morgan fingerprint density at radius 2 is 1.88 bits per heavy atom. The molecule has 1 rings (SSSR count). The lowest BCUT2D eigenvalue weighted by Crippen LogP contribution is -2.35. The summed E-state index contributed by atoms with van der Waals surface area (Å²) >= 11 is 0. The third-order valence-electron chi connectivity index (χ3n) is 2.36. The van der Waals surface area contributed by atoms with Gasteiger partial charge >= 0.3 is 0 Å². The number of likely N-dealkylation sites (N-methyl/N-ethyl adjacent to an activating group) is 1. The first-order valence-corrected chi connectivity index (χ1v) is 5.38. The number of hydrogen-bond acceptors (Lipinski definition) is 4. The Hall–Kier alpha value is -1.75. The molecule has 0 heterocycles. The van der Waals surface area contributed by atoms with Crippen molar-refractivity contribution in [2.75, 3.05) is 33.9 Å². The molecule has 0 saturated heterocycles. The third kappa shape index (κ3) is 4.32. The molecule has 0 spiro atoms. The second-order valence-electron chi connectivity index (χ2n) is 3.54. The van der Waals surface area contributed by atoms with Gasteiger partial charge in [0.1, 0.15) is 18.1 Å². The van der Waals surface area contributed by atoms with E-state index in [4.69, 9.17) is 15.2 Å². The van der Waals surface area contributed by atoms with E-state index in [9.17, 15) is 4.79 Å². The molecule has 1 amide bonds. The minimum atomic E-state index is -0.0941. The van der Waals surface area contributed by atoms with Crippen LogP contribution in [0, 0.1) is 0 Å². The van der Waals surface area contributed by atoms with Gasteiger partial charge in [-0.3, -0.25) is 4.79 Å². The van der Waals surface area contributed by atoms with E-state index in [1.807, 2.05) is 24.3 Å². The van der Waals surface area contributed by atoms with Crippen LogP contribution in [0.3, 0.4) is 0 Å². The van der Waals surface area contributed by atoms with Crippen LogP contribution in [0.15, 0.2) is 24.3 Å². The maximum Gasteiger partial charge on any atom is 0.236 e. The van der Waals surface area contributed by atoms with Gasteiger partial charge in [0, 0.05) is 7.05 Å². The summed E-state index contributed by atoms with van der Waals surface area (Å²) in [6.45, 7) is 0.982. The number of benzene rings is 1. The second-order valence-corrected chi connectivity index (χ2v) is 3.54. The lowest BCUT2D eigenvalue weighted by molar-refractivity contribution is -0.128. The molecule has 2 N–H and O–H groups in total. The fraction of sp³-hybridized carbons (Fsp3) is 0.417. The van der Waals surface area contributed by atoms with Crippen LogP contribution in [0.4, 0.5) is 0 Å². The number of carbonyl (C=O) groups is 1. The predicted molar refractivity (Wildman–Crippen MR) is 65.2 cm³/mol. The Kier molecular flexibility index (Phi) is 5.29. The van der Waals surface area contributed by atoms with Crippen molar-refractivity contribution in [3.63, 3.8) is 0 Å². The average Bonchev–Trinajstić information content (AvgIpc) is 2.38. The van der Waals surface area contributed by atoms with Crippen molar-refractivity contribution in [1.29, 1.82) is 0 Å². The van der Waals surface area contributed by atoms with Crippen molar-refractivity contribution >= 4 is 5.91 Å². The smallest absolute Gasteiger partial charge is 0.236 e.